The lowest BCUT2D eigenvalue weighted by Crippen LogP contribution is -2.17. The number of H-pyrrole nitrogens is 1. The Bertz CT molecular complexity index is 791. The van der Waals surface area contributed by atoms with E-state index in [0.29, 0.717) is 22.2 Å². The van der Waals surface area contributed by atoms with E-state index >= 15 is 0 Å². The van der Waals surface area contributed by atoms with Crippen LogP contribution in [0.25, 0.3) is 11.3 Å². The van der Waals surface area contributed by atoms with Crippen molar-refractivity contribution in [3.8, 4) is 11.3 Å². The van der Waals surface area contributed by atoms with Crippen molar-refractivity contribution >= 4 is 23.7 Å². The number of halogens is 1. The number of nitrogens with zero attached hydrogens (tertiary/aromatic N) is 2. The number of hydrogen-bond donors (Lipinski definition) is 2. The van der Waals surface area contributed by atoms with Crippen LogP contribution in [0.4, 0.5) is 0 Å². The highest BCUT2D eigenvalue weighted by atomic mass is 35.5. The predicted octanol–water partition coefficient (Wildman–Crippen LogP) is 3.09. The van der Waals surface area contributed by atoms with Crippen LogP contribution in [0.3, 0.4) is 0 Å². The summed E-state index contributed by atoms with van der Waals surface area (Å²) >= 11 is 5.84. The van der Waals surface area contributed by atoms with Gasteiger partial charge in [-0.1, -0.05) is 23.7 Å². The average Bonchev–Trinajstić information content (AvgIpc) is 3.19. The SMILES string of the molecule is O=C(N/N=C\c1ccco1)c1cc(-c2ccc(Cl)cc2)n[nH]1. The summed E-state index contributed by atoms with van der Waals surface area (Å²) in [5, 5.41) is 11.2. The third kappa shape index (κ3) is 3.24. The molecule has 7 heteroatoms. The number of rotatable bonds is 4. The molecule has 0 saturated carbocycles. The van der Waals surface area contributed by atoms with Crippen LogP contribution in [-0.2, 0) is 0 Å². The first-order valence-electron chi connectivity index (χ1n) is 6.40. The van der Waals surface area contributed by atoms with E-state index in [1.807, 2.05) is 12.1 Å². The molecular weight excluding hydrogens is 304 g/mol. The molecule has 3 rings (SSSR count). The zero-order chi connectivity index (χ0) is 15.4. The van der Waals surface area contributed by atoms with Crippen molar-refractivity contribution in [3.05, 3.63) is 65.2 Å². The van der Waals surface area contributed by atoms with Crippen molar-refractivity contribution in [2.45, 2.75) is 0 Å². The van der Waals surface area contributed by atoms with E-state index in [1.165, 1.54) is 12.5 Å². The quantitative estimate of drug-likeness (QED) is 0.573. The van der Waals surface area contributed by atoms with Crippen molar-refractivity contribution in [2.24, 2.45) is 5.10 Å². The number of carbonyl (C=O) groups is 1. The second kappa shape index (κ2) is 6.28. The van der Waals surface area contributed by atoms with Gasteiger partial charge in [-0.15, -0.1) is 0 Å². The van der Waals surface area contributed by atoms with Crippen LogP contribution < -0.4 is 5.43 Å². The van der Waals surface area contributed by atoms with Crippen LogP contribution in [-0.4, -0.2) is 22.3 Å². The summed E-state index contributed by atoms with van der Waals surface area (Å²) in [6, 6.07) is 12.3. The van der Waals surface area contributed by atoms with E-state index < -0.39 is 5.91 Å². The molecule has 0 saturated heterocycles. The molecule has 2 heterocycles. The maximum Gasteiger partial charge on any atom is 0.289 e. The number of hydrazone groups is 1. The summed E-state index contributed by atoms with van der Waals surface area (Å²) in [7, 11) is 0. The summed E-state index contributed by atoms with van der Waals surface area (Å²) < 4.78 is 5.06. The van der Waals surface area contributed by atoms with Crippen LogP contribution >= 0.6 is 11.6 Å². The number of hydrogen-bond acceptors (Lipinski definition) is 4. The zero-order valence-corrected chi connectivity index (χ0v) is 12.0. The normalized spacial score (nSPS) is 11.0. The average molecular weight is 315 g/mol. The zero-order valence-electron chi connectivity index (χ0n) is 11.3. The Hall–Kier alpha value is -2.86. The minimum absolute atomic E-state index is 0.307. The van der Waals surface area contributed by atoms with Crippen LogP contribution in [0.5, 0.6) is 0 Å². The highest BCUT2D eigenvalue weighted by Gasteiger charge is 2.10. The molecule has 22 heavy (non-hydrogen) atoms. The lowest BCUT2D eigenvalue weighted by molar-refractivity contribution is 0.0950. The Kier molecular flexibility index (Phi) is 4.02. The van der Waals surface area contributed by atoms with Gasteiger partial charge >= 0.3 is 0 Å². The summed E-state index contributed by atoms with van der Waals surface area (Å²) in [6.45, 7) is 0. The fourth-order valence-corrected chi connectivity index (χ4v) is 1.91. The fraction of sp³-hybridized carbons (Fsp3) is 0. The molecule has 0 bridgehead atoms. The number of nitrogens with one attached hydrogen (secondary N) is 2. The number of amides is 1. The number of carbonyl (C=O) groups excluding carboxylic acids is 1. The summed E-state index contributed by atoms with van der Waals surface area (Å²) in [5.74, 6) is 0.155. The number of furan rings is 1. The molecule has 2 aromatic heterocycles. The molecule has 0 aliphatic rings. The van der Waals surface area contributed by atoms with Gasteiger partial charge in [-0.25, -0.2) is 5.43 Å². The van der Waals surface area contributed by atoms with Gasteiger partial charge < -0.3 is 4.42 Å². The highest BCUT2D eigenvalue weighted by molar-refractivity contribution is 6.30. The van der Waals surface area contributed by atoms with Crippen molar-refractivity contribution in [1.82, 2.24) is 15.6 Å². The van der Waals surface area contributed by atoms with Crippen LogP contribution in [0.1, 0.15) is 16.2 Å². The van der Waals surface area contributed by atoms with Gasteiger partial charge in [0, 0.05) is 10.6 Å². The molecule has 0 unspecified atom stereocenters. The smallest absolute Gasteiger partial charge is 0.289 e. The first kappa shape index (κ1) is 14.1. The molecule has 110 valence electrons. The molecule has 6 nitrogen and oxygen atoms in total. The maximum atomic E-state index is 11.9. The third-order valence-electron chi connectivity index (χ3n) is 2.86. The molecule has 0 aliphatic carbocycles. The lowest BCUT2D eigenvalue weighted by Gasteiger charge is -1.95. The van der Waals surface area contributed by atoms with Crippen molar-refractivity contribution in [2.75, 3.05) is 0 Å². The van der Waals surface area contributed by atoms with E-state index in [9.17, 15) is 4.79 Å². The third-order valence-corrected chi connectivity index (χ3v) is 3.12. The first-order chi connectivity index (χ1) is 10.7. The Morgan fingerprint density at radius 3 is 2.86 bits per heavy atom. The van der Waals surface area contributed by atoms with Crippen molar-refractivity contribution in [1.29, 1.82) is 0 Å². The van der Waals surface area contributed by atoms with Gasteiger partial charge in [0.2, 0.25) is 0 Å². The summed E-state index contributed by atoms with van der Waals surface area (Å²) in [4.78, 5) is 11.9. The standard InChI is InChI=1S/C15H11ClN4O2/c16-11-5-3-10(4-6-11)13-8-14(19-18-13)15(21)20-17-9-12-2-1-7-22-12/h1-9H,(H,18,19)(H,20,21)/b17-9-. The molecule has 0 spiro atoms. The topological polar surface area (TPSA) is 83.3 Å². The number of aromatic amines is 1. The van der Waals surface area contributed by atoms with Gasteiger partial charge in [-0.05, 0) is 30.3 Å². The minimum atomic E-state index is -0.393. The van der Waals surface area contributed by atoms with E-state index in [1.54, 1.807) is 30.3 Å². The second-order valence-electron chi connectivity index (χ2n) is 4.39. The Morgan fingerprint density at radius 1 is 1.32 bits per heavy atom. The summed E-state index contributed by atoms with van der Waals surface area (Å²) in [6.07, 6.45) is 2.94. The molecular formula is C15H11ClN4O2. The largest absolute Gasteiger partial charge is 0.463 e. The predicted molar refractivity (Wildman–Crippen MR) is 82.8 cm³/mol. The molecule has 1 aromatic carbocycles. The molecule has 2 N–H and O–H groups in total. The first-order valence-corrected chi connectivity index (χ1v) is 6.78. The Morgan fingerprint density at radius 2 is 2.14 bits per heavy atom. The van der Waals surface area contributed by atoms with Gasteiger partial charge in [0.15, 0.2) is 0 Å². The Labute approximate surface area is 130 Å². The number of aromatic nitrogens is 2. The number of benzene rings is 1. The summed E-state index contributed by atoms with van der Waals surface area (Å²) in [5.41, 5.74) is 4.21. The van der Waals surface area contributed by atoms with E-state index in [2.05, 4.69) is 20.7 Å². The minimum Gasteiger partial charge on any atom is -0.463 e. The highest BCUT2D eigenvalue weighted by Crippen LogP contribution is 2.20. The van der Waals surface area contributed by atoms with Crippen LogP contribution in [0, 0.1) is 0 Å². The Balaban J connectivity index is 1.68. The molecule has 0 fully saturated rings. The molecule has 0 atom stereocenters. The molecule has 3 aromatic rings. The van der Waals surface area contributed by atoms with Crippen LogP contribution in [0.2, 0.25) is 5.02 Å². The second-order valence-corrected chi connectivity index (χ2v) is 4.82. The van der Waals surface area contributed by atoms with E-state index in [0.717, 1.165) is 5.56 Å². The van der Waals surface area contributed by atoms with Gasteiger partial charge in [-0.2, -0.15) is 10.2 Å². The maximum absolute atomic E-state index is 11.9. The van der Waals surface area contributed by atoms with E-state index in [-0.39, 0.29) is 0 Å². The molecule has 0 aliphatic heterocycles. The van der Waals surface area contributed by atoms with Gasteiger partial charge in [0.05, 0.1) is 18.2 Å². The van der Waals surface area contributed by atoms with E-state index in [4.69, 9.17) is 16.0 Å². The fourth-order valence-electron chi connectivity index (χ4n) is 1.79. The van der Waals surface area contributed by atoms with Gasteiger partial charge in [-0.3, -0.25) is 9.89 Å². The van der Waals surface area contributed by atoms with Crippen molar-refractivity contribution < 1.29 is 9.21 Å². The lowest BCUT2D eigenvalue weighted by atomic mass is 10.1. The van der Waals surface area contributed by atoms with Crippen molar-refractivity contribution in [3.63, 3.8) is 0 Å². The monoisotopic (exact) mass is 314 g/mol. The van der Waals surface area contributed by atoms with Gasteiger partial charge in [0.1, 0.15) is 11.5 Å². The molecule has 0 radical (unpaired) electrons. The van der Waals surface area contributed by atoms with Crippen LogP contribution in [0.15, 0.2) is 58.2 Å². The van der Waals surface area contributed by atoms with Gasteiger partial charge in [0.25, 0.3) is 5.91 Å². The molecule has 1 amide bonds.